The Bertz CT molecular complexity index is 1300. The number of nitrogens with one attached hydrogen (secondary N) is 1. The van der Waals surface area contributed by atoms with E-state index in [-0.39, 0.29) is 17.8 Å². The van der Waals surface area contributed by atoms with Crippen molar-refractivity contribution >= 4 is 34.6 Å². The molecule has 33 heavy (non-hydrogen) atoms. The highest BCUT2D eigenvalue weighted by Gasteiger charge is 2.43. The molecule has 0 amide bonds. The Labute approximate surface area is 202 Å². The number of phenols is 1. The Morgan fingerprint density at radius 1 is 1.15 bits per heavy atom. The summed E-state index contributed by atoms with van der Waals surface area (Å²) >= 11 is 12.1. The molecule has 6 nitrogen and oxygen atoms in total. The molecular formula is C25H23ClN4O2S. The number of hydrogen-bond donors (Lipinski definition) is 2. The van der Waals surface area contributed by atoms with E-state index >= 15 is 0 Å². The Balaban J connectivity index is 1.66. The van der Waals surface area contributed by atoms with Gasteiger partial charge in [-0.3, -0.25) is 4.98 Å². The number of phenolic OH excluding ortho intramolecular Hbond substituents is 1. The van der Waals surface area contributed by atoms with Crippen molar-refractivity contribution in [1.82, 2.24) is 14.9 Å². The lowest BCUT2D eigenvalue weighted by atomic mass is 9.96. The third-order valence-electron chi connectivity index (χ3n) is 6.12. The first-order chi connectivity index (χ1) is 15.9. The molecule has 4 aromatic rings. The lowest BCUT2D eigenvalue weighted by Crippen LogP contribution is -2.29. The van der Waals surface area contributed by atoms with Gasteiger partial charge in [-0.2, -0.15) is 0 Å². The van der Waals surface area contributed by atoms with Gasteiger partial charge in [0.15, 0.2) is 5.11 Å². The average molecular weight is 479 g/mol. The number of thiocarbonyl (C=S) groups is 1. The molecule has 0 bridgehead atoms. The first-order valence-electron chi connectivity index (χ1n) is 10.6. The summed E-state index contributed by atoms with van der Waals surface area (Å²) in [5, 5.41) is 15.2. The zero-order chi connectivity index (χ0) is 23.1. The molecule has 2 unspecified atom stereocenters. The number of hydrogen-bond acceptors (Lipinski definition) is 4. The van der Waals surface area contributed by atoms with Gasteiger partial charge < -0.3 is 24.3 Å². The minimum Gasteiger partial charge on any atom is -0.506 e. The van der Waals surface area contributed by atoms with Gasteiger partial charge in [0.2, 0.25) is 0 Å². The Morgan fingerprint density at radius 2 is 2.00 bits per heavy atom. The highest BCUT2D eigenvalue weighted by atomic mass is 35.5. The van der Waals surface area contributed by atoms with Gasteiger partial charge in [0.1, 0.15) is 11.5 Å². The van der Waals surface area contributed by atoms with E-state index in [2.05, 4.69) is 34.8 Å². The SMILES string of the molecule is Cc1cc(C2C(c3ccccn3)NC(=S)N2c2cc(Cl)ccc2O)c(C)n1Cc1ccco1. The van der Waals surface area contributed by atoms with Gasteiger partial charge in [0.25, 0.3) is 0 Å². The smallest absolute Gasteiger partial charge is 0.174 e. The van der Waals surface area contributed by atoms with Crippen molar-refractivity contribution in [3.8, 4) is 5.75 Å². The molecule has 1 aromatic carbocycles. The zero-order valence-electron chi connectivity index (χ0n) is 18.2. The van der Waals surface area contributed by atoms with Crippen LogP contribution in [0.25, 0.3) is 0 Å². The summed E-state index contributed by atoms with van der Waals surface area (Å²) in [5.41, 5.74) is 4.70. The van der Waals surface area contributed by atoms with Crippen LogP contribution in [0.1, 0.15) is 40.5 Å². The van der Waals surface area contributed by atoms with Gasteiger partial charge in [0, 0.05) is 22.6 Å². The van der Waals surface area contributed by atoms with E-state index in [1.165, 1.54) is 0 Å². The van der Waals surface area contributed by atoms with Crippen molar-refractivity contribution < 1.29 is 9.52 Å². The first-order valence-corrected chi connectivity index (χ1v) is 11.4. The average Bonchev–Trinajstić information content (AvgIpc) is 3.51. The molecule has 5 rings (SSSR count). The Kier molecular flexibility index (Phi) is 5.60. The second kappa shape index (κ2) is 8.57. The predicted molar refractivity (Wildman–Crippen MR) is 133 cm³/mol. The lowest BCUT2D eigenvalue weighted by molar-refractivity contribution is 0.472. The van der Waals surface area contributed by atoms with Crippen LogP contribution < -0.4 is 10.2 Å². The molecular weight excluding hydrogens is 456 g/mol. The van der Waals surface area contributed by atoms with Crippen LogP contribution in [-0.4, -0.2) is 19.8 Å². The normalized spacial score (nSPS) is 18.0. The van der Waals surface area contributed by atoms with Crippen molar-refractivity contribution in [3.05, 3.63) is 100 Å². The van der Waals surface area contributed by atoms with Gasteiger partial charge in [-0.15, -0.1) is 0 Å². The third kappa shape index (κ3) is 3.87. The molecule has 1 aliphatic rings. The topological polar surface area (TPSA) is 66.5 Å². The summed E-state index contributed by atoms with van der Waals surface area (Å²) in [7, 11) is 0. The molecule has 1 fully saturated rings. The zero-order valence-corrected chi connectivity index (χ0v) is 19.8. The van der Waals surface area contributed by atoms with E-state index in [9.17, 15) is 5.11 Å². The minimum atomic E-state index is -0.242. The standard InChI is InChI=1S/C25H23ClN4O2S/c1-15-12-19(16(2)29(15)14-18-6-5-11-32-18)24-23(20-7-3-4-10-27-20)28-25(33)30(24)21-13-17(26)8-9-22(21)31/h3-13,23-24,31H,14H2,1-2H3,(H,28,33). The molecule has 3 aromatic heterocycles. The van der Waals surface area contributed by atoms with Crippen molar-refractivity contribution in [3.63, 3.8) is 0 Å². The summed E-state index contributed by atoms with van der Waals surface area (Å²) in [6.07, 6.45) is 3.46. The molecule has 168 valence electrons. The molecule has 8 heteroatoms. The van der Waals surface area contributed by atoms with Crippen molar-refractivity contribution in [2.75, 3.05) is 4.90 Å². The van der Waals surface area contributed by atoms with E-state index in [0.29, 0.717) is 22.4 Å². The van der Waals surface area contributed by atoms with Crippen molar-refractivity contribution in [2.24, 2.45) is 0 Å². The lowest BCUT2D eigenvalue weighted by Gasteiger charge is -2.28. The number of pyridine rings is 1. The van der Waals surface area contributed by atoms with E-state index in [4.69, 9.17) is 28.2 Å². The Hall–Kier alpha value is -3.29. The number of furan rings is 1. The second-order valence-corrected chi connectivity index (χ2v) is 8.94. The van der Waals surface area contributed by atoms with Crippen LogP contribution >= 0.6 is 23.8 Å². The van der Waals surface area contributed by atoms with E-state index in [1.54, 1.807) is 30.7 Å². The molecule has 0 aliphatic carbocycles. The molecule has 1 saturated heterocycles. The predicted octanol–water partition coefficient (Wildman–Crippen LogP) is 5.68. The quantitative estimate of drug-likeness (QED) is 0.360. The van der Waals surface area contributed by atoms with Crippen LogP contribution in [-0.2, 0) is 6.54 Å². The fourth-order valence-corrected chi connectivity index (χ4v) is 5.05. The maximum atomic E-state index is 10.7. The summed E-state index contributed by atoms with van der Waals surface area (Å²) < 4.78 is 7.81. The third-order valence-corrected chi connectivity index (χ3v) is 6.67. The second-order valence-electron chi connectivity index (χ2n) is 8.12. The molecule has 0 radical (unpaired) electrons. The number of nitrogens with zero attached hydrogens (tertiary/aromatic N) is 3. The maximum Gasteiger partial charge on any atom is 0.174 e. The van der Waals surface area contributed by atoms with E-state index < -0.39 is 0 Å². The van der Waals surface area contributed by atoms with Gasteiger partial charge in [-0.05, 0) is 80.2 Å². The van der Waals surface area contributed by atoms with Crippen LogP contribution in [0.3, 0.4) is 0 Å². The van der Waals surface area contributed by atoms with Crippen LogP contribution in [0.15, 0.2) is 71.5 Å². The summed E-state index contributed by atoms with van der Waals surface area (Å²) in [4.78, 5) is 6.54. The van der Waals surface area contributed by atoms with Crippen LogP contribution in [0.4, 0.5) is 5.69 Å². The van der Waals surface area contributed by atoms with Crippen LogP contribution in [0, 0.1) is 13.8 Å². The monoisotopic (exact) mass is 478 g/mol. The fraction of sp³-hybridized carbons (Fsp3) is 0.200. The fourth-order valence-electron chi connectivity index (χ4n) is 4.55. The van der Waals surface area contributed by atoms with E-state index in [1.807, 2.05) is 35.2 Å². The van der Waals surface area contributed by atoms with Gasteiger partial charge in [-0.25, -0.2) is 0 Å². The maximum absolute atomic E-state index is 10.7. The number of benzene rings is 1. The summed E-state index contributed by atoms with van der Waals surface area (Å²) in [5.74, 6) is 0.994. The van der Waals surface area contributed by atoms with Gasteiger partial charge >= 0.3 is 0 Å². The first kappa shape index (κ1) is 21.6. The highest BCUT2D eigenvalue weighted by Crippen LogP contribution is 2.46. The number of aromatic nitrogens is 2. The molecule has 2 N–H and O–H groups in total. The molecule has 2 atom stereocenters. The van der Waals surface area contributed by atoms with Crippen LogP contribution in [0.2, 0.25) is 5.02 Å². The van der Waals surface area contributed by atoms with Crippen LogP contribution in [0.5, 0.6) is 5.75 Å². The van der Waals surface area contributed by atoms with Gasteiger partial charge in [0.05, 0.1) is 36.3 Å². The largest absolute Gasteiger partial charge is 0.506 e. The van der Waals surface area contributed by atoms with Crippen molar-refractivity contribution in [1.29, 1.82) is 0 Å². The number of anilines is 1. The highest BCUT2D eigenvalue weighted by molar-refractivity contribution is 7.80. The number of aromatic hydroxyl groups is 1. The minimum absolute atomic E-state index is 0.111. The molecule has 0 saturated carbocycles. The summed E-state index contributed by atoms with van der Waals surface area (Å²) in [6, 6.07) is 16.4. The number of aryl methyl sites for hydroxylation is 1. The number of halogens is 1. The summed E-state index contributed by atoms with van der Waals surface area (Å²) in [6.45, 7) is 4.81. The van der Waals surface area contributed by atoms with Crippen molar-refractivity contribution in [2.45, 2.75) is 32.5 Å². The molecule has 4 heterocycles. The molecule has 1 aliphatic heterocycles. The molecule has 0 spiro atoms. The number of rotatable bonds is 5. The van der Waals surface area contributed by atoms with Gasteiger partial charge in [-0.1, -0.05) is 17.7 Å². The Morgan fingerprint density at radius 3 is 2.73 bits per heavy atom. The van der Waals surface area contributed by atoms with E-state index in [0.717, 1.165) is 28.4 Å².